The topological polar surface area (TPSA) is 29.3 Å². The van der Waals surface area contributed by atoms with Gasteiger partial charge in [0.1, 0.15) is 0 Å². The van der Waals surface area contributed by atoms with E-state index in [0.29, 0.717) is 12.0 Å². The second-order valence-electron chi connectivity index (χ2n) is 4.93. The van der Waals surface area contributed by atoms with Gasteiger partial charge in [0.2, 0.25) is 0 Å². The van der Waals surface area contributed by atoms with Crippen molar-refractivity contribution in [3.05, 3.63) is 35.9 Å². The zero-order valence-corrected chi connectivity index (χ0v) is 11.4. The van der Waals surface area contributed by atoms with Gasteiger partial charge in [-0.25, -0.2) is 0 Å². The maximum absolute atomic E-state index is 5.92. The maximum Gasteiger partial charge on any atom is 0.00889 e. The molecular weight excluding hydrogens is 208 g/mol. The molecule has 0 saturated heterocycles. The van der Waals surface area contributed by atoms with Crippen LogP contribution in [-0.2, 0) is 0 Å². The Labute approximate surface area is 106 Å². The van der Waals surface area contributed by atoms with Crippen molar-refractivity contribution >= 4 is 0 Å². The Balaban J connectivity index is 2.68. The van der Waals surface area contributed by atoms with E-state index in [1.54, 1.807) is 0 Å². The molecule has 0 heterocycles. The van der Waals surface area contributed by atoms with E-state index in [-0.39, 0.29) is 0 Å². The summed E-state index contributed by atoms with van der Waals surface area (Å²) in [6, 6.07) is 11.2. The van der Waals surface area contributed by atoms with Gasteiger partial charge in [-0.3, -0.25) is 0 Å². The Morgan fingerprint density at radius 3 is 2.29 bits per heavy atom. The molecule has 96 valence electrons. The van der Waals surface area contributed by atoms with Crippen molar-refractivity contribution in [3.8, 4) is 0 Å². The Bertz CT molecular complexity index is 295. The molecule has 0 fully saturated rings. The van der Waals surface area contributed by atoms with Crippen LogP contribution in [-0.4, -0.2) is 30.6 Å². The fraction of sp³-hybridized carbons (Fsp3) is 0.600. The summed E-state index contributed by atoms with van der Waals surface area (Å²) in [5.41, 5.74) is 7.28. The molecule has 0 aliphatic heterocycles. The minimum Gasteiger partial charge on any atom is -0.330 e. The molecule has 0 radical (unpaired) electrons. The van der Waals surface area contributed by atoms with E-state index in [4.69, 9.17) is 5.73 Å². The largest absolute Gasteiger partial charge is 0.330 e. The average Bonchev–Trinajstić information content (AvgIpc) is 2.35. The molecule has 2 N–H and O–H groups in total. The van der Waals surface area contributed by atoms with Gasteiger partial charge < -0.3 is 10.6 Å². The molecule has 17 heavy (non-hydrogen) atoms. The lowest BCUT2D eigenvalue weighted by molar-refractivity contribution is 0.209. The highest BCUT2D eigenvalue weighted by Crippen LogP contribution is 2.17. The minimum absolute atomic E-state index is 0.449. The highest BCUT2D eigenvalue weighted by atomic mass is 15.1. The van der Waals surface area contributed by atoms with E-state index in [2.05, 4.69) is 56.0 Å². The van der Waals surface area contributed by atoms with Gasteiger partial charge in [-0.2, -0.15) is 0 Å². The summed E-state index contributed by atoms with van der Waals surface area (Å²) in [6.45, 7) is 9.68. The molecule has 0 saturated carbocycles. The molecule has 1 unspecified atom stereocenters. The molecule has 0 amide bonds. The van der Waals surface area contributed by atoms with Crippen LogP contribution in [0.3, 0.4) is 0 Å². The molecule has 0 spiro atoms. The van der Waals surface area contributed by atoms with E-state index in [9.17, 15) is 0 Å². The second kappa shape index (κ2) is 7.46. The predicted molar refractivity (Wildman–Crippen MR) is 75.2 cm³/mol. The van der Waals surface area contributed by atoms with Crippen molar-refractivity contribution in [1.29, 1.82) is 0 Å². The fourth-order valence-corrected chi connectivity index (χ4v) is 2.17. The molecule has 0 aliphatic carbocycles. The van der Waals surface area contributed by atoms with Crippen LogP contribution < -0.4 is 5.73 Å². The molecule has 1 atom stereocenters. The number of nitrogens with zero attached hydrogens (tertiary/aromatic N) is 1. The van der Waals surface area contributed by atoms with Gasteiger partial charge in [0.15, 0.2) is 0 Å². The Hall–Kier alpha value is -0.860. The summed E-state index contributed by atoms with van der Waals surface area (Å²) in [5, 5.41) is 0. The van der Waals surface area contributed by atoms with Crippen molar-refractivity contribution in [1.82, 2.24) is 4.90 Å². The van der Waals surface area contributed by atoms with Gasteiger partial charge in [-0.15, -0.1) is 0 Å². The third-order valence-corrected chi connectivity index (χ3v) is 3.25. The number of benzene rings is 1. The number of hydrogen-bond acceptors (Lipinski definition) is 2. The molecule has 1 aromatic rings. The van der Waals surface area contributed by atoms with Crippen molar-refractivity contribution < 1.29 is 0 Å². The number of nitrogens with two attached hydrogens (primary N) is 1. The van der Waals surface area contributed by atoms with Crippen LogP contribution in [0.4, 0.5) is 0 Å². The van der Waals surface area contributed by atoms with Gasteiger partial charge in [-0.1, -0.05) is 37.3 Å². The van der Waals surface area contributed by atoms with Gasteiger partial charge in [0.25, 0.3) is 0 Å². The van der Waals surface area contributed by atoms with Crippen LogP contribution in [0.15, 0.2) is 30.3 Å². The summed E-state index contributed by atoms with van der Waals surface area (Å²) < 4.78 is 0. The van der Waals surface area contributed by atoms with Crippen molar-refractivity contribution in [2.45, 2.75) is 39.2 Å². The van der Waals surface area contributed by atoms with E-state index < -0.39 is 0 Å². The van der Waals surface area contributed by atoms with Crippen LogP contribution in [0.2, 0.25) is 0 Å². The number of rotatable bonds is 7. The highest BCUT2D eigenvalue weighted by Gasteiger charge is 2.16. The summed E-state index contributed by atoms with van der Waals surface area (Å²) in [6.07, 6.45) is 1.20. The van der Waals surface area contributed by atoms with Gasteiger partial charge in [-0.05, 0) is 32.4 Å². The Morgan fingerprint density at radius 1 is 1.18 bits per heavy atom. The Morgan fingerprint density at radius 2 is 1.82 bits per heavy atom. The normalized spacial score (nSPS) is 13.3. The van der Waals surface area contributed by atoms with Gasteiger partial charge in [0.05, 0.1) is 0 Å². The molecule has 2 nitrogen and oxygen atoms in total. The third-order valence-electron chi connectivity index (χ3n) is 3.25. The van der Waals surface area contributed by atoms with Crippen LogP contribution in [0.25, 0.3) is 0 Å². The van der Waals surface area contributed by atoms with E-state index in [0.717, 1.165) is 19.6 Å². The molecule has 1 rings (SSSR count). The molecule has 2 heteroatoms. The summed E-state index contributed by atoms with van der Waals surface area (Å²) in [4.78, 5) is 2.52. The first kappa shape index (κ1) is 14.2. The molecule has 0 aliphatic rings. The van der Waals surface area contributed by atoms with Crippen molar-refractivity contribution in [2.75, 3.05) is 19.6 Å². The highest BCUT2D eigenvalue weighted by molar-refractivity contribution is 5.20. The summed E-state index contributed by atoms with van der Waals surface area (Å²) >= 11 is 0. The van der Waals surface area contributed by atoms with Crippen LogP contribution in [0, 0.1) is 0 Å². The first-order chi connectivity index (χ1) is 8.19. The van der Waals surface area contributed by atoms with E-state index in [1.807, 2.05) is 0 Å². The van der Waals surface area contributed by atoms with Crippen molar-refractivity contribution in [3.63, 3.8) is 0 Å². The molecule has 0 aromatic heterocycles. The smallest absolute Gasteiger partial charge is 0.00889 e. The van der Waals surface area contributed by atoms with E-state index in [1.165, 1.54) is 12.0 Å². The van der Waals surface area contributed by atoms with Gasteiger partial charge in [0, 0.05) is 25.0 Å². The zero-order valence-electron chi connectivity index (χ0n) is 11.4. The first-order valence-corrected chi connectivity index (χ1v) is 6.68. The first-order valence-electron chi connectivity index (χ1n) is 6.68. The lowest BCUT2D eigenvalue weighted by atomic mass is 9.98. The Kier molecular flexibility index (Phi) is 6.23. The zero-order chi connectivity index (χ0) is 12.7. The van der Waals surface area contributed by atoms with Gasteiger partial charge >= 0.3 is 0 Å². The monoisotopic (exact) mass is 234 g/mol. The fourth-order valence-electron chi connectivity index (χ4n) is 2.17. The lowest BCUT2D eigenvalue weighted by Gasteiger charge is -2.30. The molecule has 1 aromatic carbocycles. The molecular formula is C15H26N2. The summed E-state index contributed by atoms with van der Waals surface area (Å²) in [7, 11) is 0. The standard InChI is InChI=1S/C15H26N2/c1-4-10-17(13(2)3)12-15(11-16)14-8-6-5-7-9-14/h5-9,13,15H,4,10-12,16H2,1-3H3. The third kappa shape index (κ3) is 4.49. The lowest BCUT2D eigenvalue weighted by Crippen LogP contribution is -2.37. The SMILES string of the molecule is CCCN(CC(CN)c1ccccc1)C(C)C. The maximum atomic E-state index is 5.92. The van der Waals surface area contributed by atoms with E-state index >= 15 is 0 Å². The number of hydrogen-bond donors (Lipinski definition) is 1. The average molecular weight is 234 g/mol. The second-order valence-corrected chi connectivity index (χ2v) is 4.93. The summed E-state index contributed by atoms with van der Waals surface area (Å²) in [5.74, 6) is 0.449. The quantitative estimate of drug-likeness (QED) is 0.786. The van der Waals surface area contributed by atoms with Crippen LogP contribution in [0.1, 0.15) is 38.7 Å². The predicted octanol–water partition coefficient (Wildman–Crippen LogP) is 2.85. The minimum atomic E-state index is 0.449. The molecule has 0 bridgehead atoms. The van der Waals surface area contributed by atoms with Crippen LogP contribution in [0.5, 0.6) is 0 Å². The van der Waals surface area contributed by atoms with Crippen molar-refractivity contribution in [2.24, 2.45) is 5.73 Å². The van der Waals surface area contributed by atoms with Crippen LogP contribution >= 0.6 is 0 Å².